The third-order valence-electron chi connectivity index (χ3n) is 2.53. The second-order valence-corrected chi connectivity index (χ2v) is 5.86. The molecule has 82 valence electrons. The maximum atomic E-state index is 11.1. The molecule has 0 aliphatic rings. The number of aliphatic carboxylic acids is 1. The van der Waals surface area contributed by atoms with Crippen molar-refractivity contribution in [3.63, 3.8) is 0 Å². The summed E-state index contributed by atoms with van der Waals surface area (Å²) < 4.78 is 11.1. The monoisotopic (exact) mass is 222 g/mol. The first-order chi connectivity index (χ1) is 6.01. The molecule has 0 rings (SSSR count). The minimum absolute atomic E-state index is 0.0293. The lowest BCUT2D eigenvalue weighted by molar-refractivity contribution is -0.132. The predicted octanol–water partition coefficient (Wildman–Crippen LogP) is 1.36. The minimum Gasteiger partial charge on any atom is -0.478 e. The van der Waals surface area contributed by atoms with Gasteiger partial charge in [-0.15, -0.1) is 0 Å². The number of allylic oxidation sites excluding steroid dienone is 1. The van der Waals surface area contributed by atoms with Crippen molar-refractivity contribution in [2.75, 3.05) is 0 Å². The van der Waals surface area contributed by atoms with Gasteiger partial charge in [-0.25, -0.2) is 4.79 Å². The Balaban J connectivity index is 5.44. The molecule has 5 nitrogen and oxygen atoms in total. The Kier molecular flexibility index (Phi) is 3.67. The Labute approximate surface area is 82.6 Å². The number of carboxylic acid groups (broad SMARTS) is 1. The smallest absolute Gasteiger partial charge is 0.335 e. The van der Waals surface area contributed by atoms with E-state index in [9.17, 15) is 9.36 Å². The lowest BCUT2D eigenvalue weighted by Crippen LogP contribution is -2.24. The average molecular weight is 222 g/mol. The van der Waals surface area contributed by atoms with E-state index in [2.05, 4.69) is 0 Å². The Hall–Kier alpha value is -0.640. The third kappa shape index (κ3) is 2.44. The van der Waals surface area contributed by atoms with Crippen LogP contribution in [0, 0.1) is 0 Å². The maximum Gasteiger partial charge on any atom is 0.335 e. The average Bonchev–Trinajstić information content (AvgIpc) is 1.99. The summed E-state index contributed by atoms with van der Waals surface area (Å²) in [4.78, 5) is 28.7. The summed E-state index contributed by atoms with van der Waals surface area (Å²) in [7, 11) is -4.34. The van der Waals surface area contributed by atoms with Gasteiger partial charge >= 0.3 is 13.6 Å². The molecule has 0 bridgehead atoms. The molecule has 0 aromatic carbocycles. The van der Waals surface area contributed by atoms with Crippen molar-refractivity contribution in [2.45, 2.75) is 32.9 Å². The van der Waals surface area contributed by atoms with Gasteiger partial charge < -0.3 is 14.9 Å². The summed E-state index contributed by atoms with van der Waals surface area (Å²) in [6, 6.07) is 0. The molecule has 3 N–H and O–H groups in total. The summed E-state index contributed by atoms with van der Waals surface area (Å²) in [6.45, 7) is 5.41. The summed E-state index contributed by atoms with van der Waals surface area (Å²) >= 11 is 0. The summed E-state index contributed by atoms with van der Waals surface area (Å²) in [5.41, 5.74) is 0.164. The van der Waals surface area contributed by atoms with Crippen molar-refractivity contribution in [3.8, 4) is 0 Å². The minimum atomic E-state index is -4.34. The number of hydrogen-bond acceptors (Lipinski definition) is 2. The van der Waals surface area contributed by atoms with E-state index in [4.69, 9.17) is 14.9 Å². The van der Waals surface area contributed by atoms with Gasteiger partial charge in [0.1, 0.15) is 0 Å². The highest BCUT2D eigenvalue weighted by atomic mass is 31.2. The van der Waals surface area contributed by atoms with E-state index in [0.717, 1.165) is 0 Å². The second kappa shape index (κ2) is 3.85. The molecule has 0 spiro atoms. The topological polar surface area (TPSA) is 94.8 Å². The zero-order chi connectivity index (χ0) is 11.7. The van der Waals surface area contributed by atoms with Crippen LogP contribution in [-0.4, -0.2) is 26.0 Å². The highest BCUT2D eigenvalue weighted by Crippen LogP contribution is 2.54. The zero-order valence-corrected chi connectivity index (χ0v) is 9.50. The van der Waals surface area contributed by atoms with Crippen LogP contribution in [0.1, 0.15) is 27.7 Å². The van der Waals surface area contributed by atoms with Gasteiger partial charge in [-0.2, -0.15) is 0 Å². The van der Waals surface area contributed by atoms with Gasteiger partial charge in [-0.1, -0.05) is 0 Å². The van der Waals surface area contributed by atoms with Gasteiger partial charge in [0.05, 0.1) is 5.16 Å². The van der Waals surface area contributed by atoms with Gasteiger partial charge in [0.15, 0.2) is 0 Å². The molecule has 0 aliphatic carbocycles. The molecule has 6 heteroatoms. The zero-order valence-electron chi connectivity index (χ0n) is 8.61. The molecular weight excluding hydrogens is 207 g/mol. The number of carbonyl (C=O) groups is 1. The SMILES string of the molecule is CC(C(=O)O)=C(C)C(C)(C)P(=O)(O)O. The molecule has 0 heterocycles. The first-order valence-electron chi connectivity index (χ1n) is 3.98. The van der Waals surface area contributed by atoms with Crippen molar-refractivity contribution >= 4 is 13.6 Å². The fourth-order valence-corrected chi connectivity index (χ4v) is 1.44. The van der Waals surface area contributed by atoms with Crippen molar-refractivity contribution < 1.29 is 24.3 Å². The Morgan fingerprint density at radius 3 is 1.79 bits per heavy atom. The van der Waals surface area contributed by atoms with Crippen molar-refractivity contribution in [3.05, 3.63) is 11.1 Å². The van der Waals surface area contributed by atoms with E-state index in [1.54, 1.807) is 0 Å². The Morgan fingerprint density at radius 1 is 1.21 bits per heavy atom. The predicted molar refractivity (Wildman–Crippen MR) is 52.1 cm³/mol. The first kappa shape index (κ1) is 13.4. The van der Waals surface area contributed by atoms with Crippen LogP contribution in [0.25, 0.3) is 0 Å². The summed E-state index contributed by atoms with van der Waals surface area (Å²) in [6.07, 6.45) is 0. The molecule has 0 saturated carbocycles. The molecule has 0 amide bonds. The molecule has 14 heavy (non-hydrogen) atoms. The highest BCUT2D eigenvalue weighted by Gasteiger charge is 2.40. The maximum absolute atomic E-state index is 11.1. The highest BCUT2D eigenvalue weighted by molar-refractivity contribution is 7.53. The standard InChI is InChI=1S/C8H15O5P/c1-5(7(9)10)6(2)8(3,4)14(11,12)13/h1-4H3,(H,9,10)(H2,11,12,13). The quantitative estimate of drug-likeness (QED) is 0.495. The van der Waals surface area contributed by atoms with Gasteiger partial charge in [-0.3, -0.25) is 4.57 Å². The third-order valence-corrected chi connectivity index (χ3v) is 4.32. The van der Waals surface area contributed by atoms with Crippen LogP contribution < -0.4 is 0 Å². The number of rotatable bonds is 3. The van der Waals surface area contributed by atoms with Crippen molar-refractivity contribution in [2.24, 2.45) is 0 Å². The fraction of sp³-hybridized carbons (Fsp3) is 0.625. The first-order valence-corrected chi connectivity index (χ1v) is 5.60. The molecular formula is C8H15O5P. The van der Waals surface area contributed by atoms with Crippen LogP contribution in [0.5, 0.6) is 0 Å². The summed E-state index contributed by atoms with van der Waals surface area (Å²) in [5, 5.41) is 7.24. The molecule has 0 radical (unpaired) electrons. The van der Waals surface area contributed by atoms with E-state index in [-0.39, 0.29) is 11.1 Å². The van der Waals surface area contributed by atoms with Gasteiger partial charge in [-0.05, 0) is 33.3 Å². The van der Waals surface area contributed by atoms with Crippen molar-refractivity contribution in [1.82, 2.24) is 0 Å². The number of carboxylic acids is 1. The Bertz CT molecular complexity index is 323. The van der Waals surface area contributed by atoms with E-state index in [0.29, 0.717) is 0 Å². The van der Waals surface area contributed by atoms with E-state index >= 15 is 0 Å². The molecule has 0 aliphatic heterocycles. The molecule has 0 aromatic rings. The second-order valence-electron chi connectivity index (χ2n) is 3.66. The van der Waals surface area contributed by atoms with E-state index < -0.39 is 18.7 Å². The molecule has 0 fully saturated rings. The summed E-state index contributed by atoms with van der Waals surface area (Å²) in [5.74, 6) is -1.16. The van der Waals surface area contributed by atoms with Crippen LogP contribution in [0.4, 0.5) is 0 Å². The molecule has 0 unspecified atom stereocenters. The lowest BCUT2D eigenvalue weighted by Gasteiger charge is -2.27. The fourth-order valence-electron chi connectivity index (χ4n) is 0.838. The number of hydrogen-bond donors (Lipinski definition) is 3. The lowest BCUT2D eigenvalue weighted by atomic mass is 9.99. The molecule has 0 atom stereocenters. The van der Waals surface area contributed by atoms with Crippen LogP contribution in [0.15, 0.2) is 11.1 Å². The molecule has 0 saturated heterocycles. The normalized spacial score (nSPS) is 15.0. The Morgan fingerprint density at radius 2 is 1.57 bits per heavy atom. The van der Waals surface area contributed by atoms with Crippen LogP contribution in [0.2, 0.25) is 0 Å². The van der Waals surface area contributed by atoms with Crippen LogP contribution in [0.3, 0.4) is 0 Å². The van der Waals surface area contributed by atoms with Gasteiger partial charge in [0.25, 0.3) is 0 Å². The molecule has 0 aromatic heterocycles. The van der Waals surface area contributed by atoms with Gasteiger partial charge in [0.2, 0.25) is 0 Å². The van der Waals surface area contributed by atoms with Gasteiger partial charge in [0, 0.05) is 5.57 Å². The van der Waals surface area contributed by atoms with Crippen LogP contribution in [-0.2, 0) is 9.36 Å². The largest absolute Gasteiger partial charge is 0.478 e. The van der Waals surface area contributed by atoms with Crippen molar-refractivity contribution in [1.29, 1.82) is 0 Å². The van der Waals surface area contributed by atoms with E-state index in [1.165, 1.54) is 27.7 Å². The van der Waals surface area contributed by atoms with E-state index in [1.807, 2.05) is 0 Å². The van der Waals surface area contributed by atoms with Crippen LogP contribution >= 0.6 is 7.60 Å².